The lowest BCUT2D eigenvalue weighted by Crippen LogP contribution is -2.42. The zero-order valence-corrected chi connectivity index (χ0v) is 11.0. The van der Waals surface area contributed by atoms with Crippen LogP contribution < -0.4 is 5.14 Å². The quantitative estimate of drug-likeness (QED) is 0.671. The van der Waals surface area contributed by atoms with Crippen molar-refractivity contribution < 1.29 is 23.1 Å². The predicted molar refractivity (Wildman–Crippen MR) is 64.1 cm³/mol. The van der Waals surface area contributed by atoms with Crippen molar-refractivity contribution in [2.45, 2.75) is 32.2 Å². The molecule has 104 valence electrons. The number of rotatable bonds is 6. The van der Waals surface area contributed by atoms with Crippen molar-refractivity contribution in [3.63, 3.8) is 0 Å². The van der Waals surface area contributed by atoms with Crippen molar-refractivity contribution in [2.24, 2.45) is 11.1 Å². The maximum Gasteiger partial charge on any atom is 0.326 e. The fraction of sp³-hybridized carbons (Fsp3) is 0.800. The number of hydrogen-bond donors (Lipinski definition) is 2. The van der Waals surface area contributed by atoms with E-state index >= 15 is 0 Å². The Morgan fingerprint density at radius 3 is 2.67 bits per heavy atom. The molecular weight excluding hydrogens is 260 g/mol. The van der Waals surface area contributed by atoms with Crippen LogP contribution in [0.25, 0.3) is 0 Å². The Bertz CT molecular complexity index is 434. The zero-order chi connectivity index (χ0) is 13.9. The summed E-state index contributed by atoms with van der Waals surface area (Å²) in [6, 6.07) is -0.868. The summed E-state index contributed by atoms with van der Waals surface area (Å²) in [4.78, 5) is 24.0. The van der Waals surface area contributed by atoms with E-state index in [-0.39, 0.29) is 24.6 Å². The summed E-state index contributed by atoms with van der Waals surface area (Å²) in [5.74, 6) is -2.06. The van der Waals surface area contributed by atoms with Crippen molar-refractivity contribution in [3.05, 3.63) is 0 Å². The molecule has 7 nitrogen and oxygen atoms in total. The molecule has 8 heteroatoms. The van der Waals surface area contributed by atoms with Crippen molar-refractivity contribution in [2.75, 3.05) is 12.3 Å². The van der Waals surface area contributed by atoms with E-state index in [1.165, 1.54) is 4.90 Å². The molecule has 1 saturated heterocycles. The van der Waals surface area contributed by atoms with Crippen molar-refractivity contribution in [1.82, 2.24) is 4.90 Å². The Labute approximate surface area is 106 Å². The Morgan fingerprint density at radius 2 is 2.22 bits per heavy atom. The molecule has 2 atom stereocenters. The zero-order valence-electron chi connectivity index (χ0n) is 10.2. The molecular formula is C10H18N2O5S. The van der Waals surface area contributed by atoms with E-state index in [9.17, 15) is 18.0 Å². The molecule has 0 aromatic carbocycles. The van der Waals surface area contributed by atoms with Gasteiger partial charge in [0.1, 0.15) is 6.04 Å². The van der Waals surface area contributed by atoms with E-state index in [1.54, 1.807) is 0 Å². The van der Waals surface area contributed by atoms with Gasteiger partial charge in [0.15, 0.2) is 0 Å². The van der Waals surface area contributed by atoms with E-state index in [1.807, 2.05) is 6.92 Å². The molecule has 0 saturated carbocycles. The third-order valence-corrected chi connectivity index (χ3v) is 3.87. The third kappa shape index (κ3) is 3.95. The standard InChI is InChI=1S/C10H18N2O5S/c1-2-3-8(10(14)15)12-5-7(4-9(12)13)6-18(11,16)17/h7-8H,2-6H2,1H3,(H,14,15)(H2,11,16,17). The Morgan fingerprint density at radius 1 is 1.61 bits per heavy atom. The summed E-state index contributed by atoms with van der Waals surface area (Å²) >= 11 is 0. The number of carbonyl (C=O) groups excluding carboxylic acids is 1. The summed E-state index contributed by atoms with van der Waals surface area (Å²) in [7, 11) is -3.64. The van der Waals surface area contributed by atoms with Gasteiger partial charge >= 0.3 is 5.97 Å². The highest BCUT2D eigenvalue weighted by Crippen LogP contribution is 2.23. The van der Waals surface area contributed by atoms with Crippen molar-refractivity contribution >= 4 is 21.9 Å². The molecule has 1 fully saturated rings. The molecule has 1 rings (SSSR count). The number of hydrogen-bond acceptors (Lipinski definition) is 4. The van der Waals surface area contributed by atoms with Gasteiger partial charge in [-0.3, -0.25) is 4.79 Å². The molecule has 0 bridgehead atoms. The van der Waals surface area contributed by atoms with E-state index in [0.717, 1.165) is 0 Å². The van der Waals surface area contributed by atoms with E-state index in [4.69, 9.17) is 10.2 Å². The molecule has 1 amide bonds. The predicted octanol–water partition coefficient (Wildman–Crippen LogP) is -0.623. The number of nitrogens with two attached hydrogens (primary N) is 1. The van der Waals surface area contributed by atoms with Gasteiger partial charge in [0.25, 0.3) is 0 Å². The first-order valence-corrected chi connectivity index (χ1v) is 7.49. The number of carbonyl (C=O) groups is 2. The van der Waals surface area contributed by atoms with E-state index < -0.39 is 28.0 Å². The first-order valence-electron chi connectivity index (χ1n) is 5.77. The largest absolute Gasteiger partial charge is 0.480 e. The van der Waals surface area contributed by atoms with Crippen LogP contribution in [0, 0.1) is 5.92 Å². The highest BCUT2D eigenvalue weighted by atomic mass is 32.2. The number of aliphatic carboxylic acids is 1. The summed E-state index contributed by atoms with van der Waals surface area (Å²) in [5, 5.41) is 14.0. The maximum absolute atomic E-state index is 11.7. The van der Waals surface area contributed by atoms with Crippen LogP contribution in [0.1, 0.15) is 26.2 Å². The summed E-state index contributed by atoms with van der Waals surface area (Å²) in [6.45, 7) is 1.98. The van der Waals surface area contributed by atoms with Gasteiger partial charge in [-0.2, -0.15) is 0 Å². The minimum absolute atomic E-state index is 0.0456. The van der Waals surface area contributed by atoms with Gasteiger partial charge in [0.2, 0.25) is 15.9 Å². The minimum Gasteiger partial charge on any atom is -0.480 e. The van der Waals surface area contributed by atoms with Crippen LogP contribution in [0.5, 0.6) is 0 Å². The molecule has 0 aromatic heterocycles. The monoisotopic (exact) mass is 278 g/mol. The smallest absolute Gasteiger partial charge is 0.326 e. The molecule has 0 aromatic rings. The number of sulfonamides is 1. The van der Waals surface area contributed by atoms with Crippen molar-refractivity contribution in [1.29, 1.82) is 0 Å². The molecule has 1 aliphatic rings. The number of carboxylic acid groups (broad SMARTS) is 1. The summed E-state index contributed by atoms with van der Waals surface area (Å²) in [6.07, 6.45) is 1.05. The lowest BCUT2D eigenvalue weighted by atomic mass is 10.1. The average molecular weight is 278 g/mol. The molecule has 2 unspecified atom stereocenters. The Balaban J connectivity index is 2.74. The average Bonchev–Trinajstić information content (AvgIpc) is 2.52. The lowest BCUT2D eigenvalue weighted by Gasteiger charge is -2.24. The van der Waals surface area contributed by atoms with Gasteiger partial charge in [0.05, 0.1) is 5.75 Å². The second kappa shape index (κ2) is 5.66. The first kappa shape index (κ1) is 14.9. The number of carboxylic acids is 1. The first-order chi connectivity index (χ1) is 8.24. The number of primary sulfonamides is 1. The van der Waals surface area contributed by atoms with Gasteiger partial charge in [-0.15, -0.1) is 0 Å². The summed E-state index contributed by atoms with van der Waals surface area (Å²) < 4.78 is 21.9. The van der Waals surface area contributed by atoms with Crippen LogP contribution in [-0.2, 0) is 19.6 Å². The molecule has 18 heavy (non-hydrogen) atoms. The Hall–Kier alpha value is -1.15. The van der Waals surface area contributed by atoms with Crippen molar-refractivity contribution in [3.8, 4) is 0 Å². The lowest BCUT2D eigenvalue weighted by molar-refractivity contribution is -0.148. The van der Waals surface area contributed by atoms with Gasteiger partial charge < -0.3 is 10.0 Å². The van der Waals surface area contributed by atoms with Crippen LogP contribution in [-0.4, -0.2) is 48.6 Å². The van der Waals surface area contributed by atoms with Gasteiger partial charge in [0, 0.05) is 18.9 Å². The third-order valence-electron chi connectivity index (χ3n) is 2.93. The topological polar surface area (TPSA) is 118 Å². The van der Waals surface area contributed by atoms with Crippen LogP contribution in [0.15, 0.2) is 0 Å². The highest BCUT2D eigenvalue weighted by Gasteiger charge is 2.38. The minimum atomic E-state index is -3.64. The SMILES string of the molecule is CCCC(C(=O)O)N1CC(CS(N)(=O)=O)CC1=O. The molecule has 0 radical (unpaired) electrons. The summed E-state index contributed by atoms with van der Waals surface area (Å²) in [5.41, 5.74) is 0. The second-order valence-corrected chi connectivity index (χ2v) is 6.25. The maximum atomic E-state index is 11.7. The van der Waals surface area contributed by atoms with Crippen LogP contribution in [0.3, 0.4) is 0 Å². The molecule has 0 spiro atoms. The molecule has 0 aliphatic carbocycles. The highest BCUT2D eigenvalue weighted by molar-refractivity contribution is 7.89. The normalized spacial score (nSPS) is 22.2. The van der Waals surface area contributed by atoms with Gasteiger partial charge in [-0.05, 0) is 6.42 Å². The molecule has 3 N–H and O–H groups in total. The second-order valence-electron chi connectivity index (χ2n) is 4.59. The van der Waals surface area contributed by atoms with E-state index in [0.29, 0.717) is 12.8 Å². The van der Waals surface area contributed by atoms with Crippen LogP contribution in [0.4, 0.5) is 0 Å². The number of nitrogens with zero attached hydrogens (tertiary/aromatic N) is 1. The Kier molecular flexibility index (Phi) is 4.69. The van der Waals surface area contributed by atoms with Crippen LogP contribution >= 0.6 is 0 Å². The molecule has 1 heterocycles. The fourth-order valence-corrected chi connectivity index (χ4v) is 3.12. The van der Waals surface area contributed by atoms with E-state index in [2.05, 4.69) is 0 Å². The number of amides is 1. The van der Waals surface area contributed by atoms with Gasteiger partial charge in [-0.25, -0.2) is 18.4 Å². The van der Waals surface area contributed by atoms with Crippen LogP contribution in [0.2, 0.25) is 0 Å². The number of likely N-dealkylation sites (tertiary alicyclic amines) is 1. The van der Waals surface area contributed by atoms with Gasteiger partial charge in [-0.1, -0.05) is 13.3 Å². The fourth-order valence-electron chi connectivity index (χ4n) is 2.24. The molecule has 1 aliphatic heterocycles.